The summed E-state index contributed by atoms with van der Waals surface area (Å²) in [5, 5.41) is 9.31. The SMILES string of the molecule is Clc1ccc2cn[n-]c2c1.[V].[Y]. The van der Waals surface area contributed by atoms with Gasteiger partial charge in [-0.05, 0) is 11.5 Å². The Labute approximate surface area is 112 Å². The third-order valence-corrected chi connectivity index (χ3v) is 1.59. The number of aromatic nitrogens is 2. The summed E-state index contributed by atoms with van der Waals surface area (Å²) in [4.78, 5) is 0. The monoisotopic (exact) mass is 291 g/mol. The molecule has 1 aromatic heterocycles. The van der Waals surface area contributed by atoms with Gasteiger partial charge in [0.25, 0.3) is 0 Å². The Morgan fingerprint density at radius 2 is 2.08 bits per heavy atom. The predicted molar refractivity (Wildman–Crippen MR) is 40.1 cm³/mol. The summed E-state index contributed by atoms with van der Waals surface area (Å²) in [7, 11) is 0. The van der Waals surface area contributed by atoms with Crippen molar-refractivity contribution in [1.82, 2.24) is 10.2 Å². The molecule has 0 aliphatic carbocycles. The normalized spacial score (nSPS) is 8.75. The van der Waals surface area contributed by atoms with Gasteiger partial charge in [-0.15, -0.1) is 5.52 Å². The Bertz CT molecular complexity index is 363. The van der Waals surface area contributed by atoms with Gasteiger partial charge in [0.2, 0.25) is 0 Å². The van der Waals surface area contributed by atoms with Crippen molar-refractivity contribution in [2.24, 2.45) is 0 Å². The molecule has 0 N–H and O–H groups in total. The number of rotatable bonds is 0. The van der Waals surface area contributed by atoms with Crippen LogP contribution in [-0.2, 0) is 51.3 Å². The third-order valence-electron chi connectivity index (χ3n) is 1.35. The van der Waals surface area contributed by atoms with Crippen LogP contribution in [0.2, 0.25) is 5.02 Å². The van der Waals surface area contributed by atoms with Gasteiger partial charge in [-0.25, -0.2) is 0 Å². The van der Waals surface area contributed by atoms with E-state index in [1.807, 2.05) is 12.1 Å². The number of hydrogen-bond acceptors (Lipinski definition) is 1. The first-order valence-corrected chi connectivity index (χ1v) is 3.28. The maximum Gasteiger partial charge on any atom is 0.0394 e. The van der Waals surface area contributed by atoms with Crippen LogP contribution < -0.4 is 5.10 Å². The van der Waals surface area contributed by atoms with E-state index in [-0.39, 0.29) is 51.3 Å². The molecule has 0 unspecified atom stereocenters. The molecule has 0 saturated carbocycles. The molecule has 2 radical (unpaired) electrons. The number of halogens is 1. The van der Waals surface area contributed by atoms with E-state index in [9.17, 15) is 0 Å². The van der Waals surface area contributed by atoms with Crippen LogP contribution in [0.15, 0.2) is 24.4 Å². The summed E-state index contributed by atoms with van der Waals surface area (Å²) in [6, 6.07) is 5.52. The zero-order valence-corrected chi connectivity index (χ0v) is 11.1. The van der Waals surface area contributed by atoms with Gasteiger partial charge in [-0.2, -0.15) is 0 Å². The fraction of sp³-hybridized carbons (Fsp3) is 0. The van der Waals surface area contributed by atoms with Gasteiger partial charge >= 0.3 is 0 Å². The smallest absolute Gasteiger partial charge is 0.0394 e. The van der Waals surface area contributed by atoms with Crippen LogP contribution in [0.3, 0.4) is 0 Å². The third kappa shape index (κ3) is 2.58. The van der Waals surface area contributed by atoms with Gasteiger partial charge in [0.1, 0.15) is 0 Å². The molecular weight excluding hydrogens is 287 g/mol. The van der Waals surface area contributed by atoms with Crippen LogP contribution in [0.1, 0.15) is 0 Å². The number of hydrogen-bond donors (Lipinski definition) is 0. The maximum absolute atomic E-state index is 5.71. The summed E-state index contributed by atoms with van der Waals surface area (Å²) in [6.45, 7) is 0. The molecule has 2 aromatic rings. The largest absolute Gasteiger partial charge is 0.575 e. The van der Waals surface area contributed by atoms with Crippen LogP contribution >= 0.6 is 11.6 Å². The predicted octanol–water partition coefficient (Wildman–Crippen LogP) is 1.84. The molecule has 0 bridgehead atoms. The molecule has 2 rings (SSSR count). The van der Waals surface area contributed by atoms with E-state index in [1.165, 1.54) is 0 Å². The van der Waals surface area contributed by atoms with Gasteiger partial charge in [-0.1, -0.05) is 23.7 Å². The average molecular weight is 291 g/mol. The van der Waals surface area contributed by atoms with Crippen molar-refractivity contribution in [2.45, 2.75) is 0 Å². The number of nitrogens with zero attached hydrogens (tertiary/aromatic N) is 2. The van der Waals surface area contributed by atoms with E-state index >= 15 is 0 Å². The fourth-order valence-corrected chi connectivity index (χ4v) is 1.03. The van der Waals surface area contributed by atoms with Gasteiger partial charge in [0, 0.05) is 62.5 Å². The molecule has 12 heavy (non-hydrogen) atoms. The Balaban J connectivity index is 0.000000605. The van der Waals surface area contributed by atoms with E-state index in [1.54, 1.807) is 12.3 Å². The molecule has 0 saturated heterocycles. The Morgan fingerprint density at radius 3 is 2.83 bits per heavy atom. The fourth-order valence-electron chi connectivity index (χ4n) is 0.866. The first-order valence-electron chi connectivity index (χ1n) is 2.90. The maximum atomic E-state index is 5.71. The summed E-state index contributed by atoms with van der Waals surface area (Å²) in [6.07, 6.45) is 1.71. The van der Waals surface area contributed by atoms with Crippen molar-refractivity contribution >= 4 is 22.5 Å². The Kier molecular flexibility index (Phi) is 5.71. The zero-order chi connectivity index (χ0) is 6.97. The van der Waals surface area contributed by atoms with Crippen LogP contribution in [0.5, 0.6) is 0 Å². The van der Waals surface area contributed by atoms with E-state index in [0.717, 1.165) is 10.9 Å². The Morgan fingerprint density at radius 1 is 1.33 bits per heavy atom. The zero-order valence-electron chi connectivity index (χ0n) is 6.11. The molecule has 0 fully saturated rings. The average Bonchev–Trinajstić information content (AvgIpc) is 2.33. The van der Waals surface area contributed by atoms with Crippen molar-refractivity contribution in [3.8, 4) is 0 Å². The minimum absolute atomic E-state index is 0. The first kappa shape index (κ1) is 12.7. The topological polar surface area (TPSA) is 27.0 Å². The molecule has 2 nitrogen and oxygen atoms in total. The van der Waals surface area contributed by atoms with Gasteiger partial charge in [-0.3, -0.25) is 0 Å². The molecule has 0 aliphatic rings. The quantitative estimate of drug-likeness (QED) is 0.740. The van der Waals surface area contributed by atoms with E-state index < -0.39 is 0 Å². The summed E-state index contributed by atoms with van der Waals surface area (Å²) in [5.41, 5.74) is 0.854. The molecule has 0 amide bonds. The van der Waals surface area contributed by atoms with Crippen molar-refractivity contribution in [1.29, 1.82) is 0 Å². The summed E-state index contributed by atoms with van der Waals surface area (Å²) < 4.78 is 0. The van der Waals surface area contributed by atoms with E-state index in [0.29, 0.717) is 5.02 Å². The van der Waals surface area contributed by atoms with Crippen LogP contribution in [-0.4, -0.2) is 5.10 Å². The second kappa shape index (κ2) is 5.41. The van der Waals surface area contributed by atoms with E-state index in [4.69, 9.17) is 11.6 Å². The first-order chi connectivity index (χ1) is 4.86. The second-order valence-electron chi connectivity index (χ2n) is 2.05. The molecule has 1 heterocycles. The van der Waals surface area contributed by atoms with E-state index in [2.05, 4.69) is 10.2 Å². The van der Waals surface area contributed by atoms with Crippen molar-refractivity contribution in [2.75, 3.05) is 0 Å². The molecule has 0 spiro atoms. The summed E-state index contributed by atoms with van der Waals surface area (Å²) in [5.74, 6) is 0. The van der Waals surface area contributed by atoms with Crippen molar-refractivity contribution < 1.29 is 51.3 Å². The van der Waals surface area contributed by atoms with Crippen LogP contribution in [0.25, 0.3) is 10.9 Å². The number of fused-ring (bicyclic) bond motifs is 1. The Hall–Kier alpha value is 0.668. The van der Waals surface area contributed by atoms with Crippen LogP contribution in [0.4, 0.5) is 0 Å². The van der Waals surface area contributed by atoms with Gasteiger partial charge in [0.05, 0.1) is 0 Å². The standard InChI is InChI=1S/C7H4ClN2.V.Y/c8-6-2-1-5-4-9-10-7(5)3-6;;/h1-4H;;/q-1;;. The molecule has 58 valence electrons. The molecule has 1 aromatic carbocycles. The minimum Gasteiger partial charge on any atom is -0.575 e. The molecule has 5 heteroatoms. The summed E-state index contributed by atoms with van der Waals surface area (Å²) >= 11 is 5.71. The molecule has 0 aliphatic heterocycles. The molecular formula is C7H4ClN2VY-. The van der Waals surface area contributed by atoms with Crippen LogP contribution in [0, 0.1) is 0 Å². The van der Waals surface area contributed by atoms with Crippen molar-refractivity contribution in [3.05, 3.63) is 29.4 Å². The van der Waals surface area contributed by atoms with Gasteiger partial charge < -0.3 is 10.2 Å². The van der Waals surface area contributed by atoms with Gasteiger partial charge in [0.15, 0.2) is 0 Å². The molecule has 0 atom stereocenters. The van der Waals surface area contributed by atoms with Crippen molar-refractivity contribution in [3.63, 3.8) is 0 Å². The second-order valence-corrected chi connectivity index (χ2v) is 2.48. The number of benzene rings is 1. The minimum atomic E-state index is 0.